The fraction of sp³-hybridized carbons (Fsp3) is 0.280. The predicted molar refractivity (Wildman–Crippen MR) is 229 cm³/mol. The first-order chi connectivity index (χ1) is 27.0. The van der Waals surface area contributed by atoms with Crippen LogP contribution < -0.4 is 18.9 Å². The van der Waals surface area contributed by atoms with E-state index in [0.717, 1.165) is 66.8 Å². The van der Waals surface area contributed by atoms with E-state index in [1.165, 1.54) is 0 Å². The van der Waals surface area contributed by atoms with Crippen LogP contribution in [0, 0.1) is 55.4 Å². The van der Waals surface area contributed by atoms with Crippen molar-refractivity contribution < 1.29 is 38.1 Å². The third kappa shape index (κ3) is 9.80. The molecule has 0 bridgehead atoms. The van der Waals surface area contributed by atoms with Crippen molar-refractivity contribution in [3.63, 3.8) is 0 Å². The monoisotopic (exact) mass is 782 g/mol. The molecule has 0 saturated heterocycles. The number of aryl methyl sites for hydroxylation is 8. The second-order valence-corrected chi connectivity index (χ2v) is 15.6. The zero-order valence-electron chi connectivity index (χ0n) is 35.9. The lowest BCUT2D eigenvalue weighted by molar-refractivity contribution is -0.131. The lowest BCUT2D eigenvalue weighted by Crippen LogP contribution is -2.18. The molecule has 4 aromatic rings. The predicted octanol–water partition coefficient (Wildman–Crippen LogP) is 11.0. The molecule has 302 valence electrons. The summed E-state index contributed by atoms with van der Waals surface area (Å²) in [5.74, 6) is -1.08. The highest BCUT2D eigenvalue weighted by molar-refractivity contribution is 5.91. The van der Waals surface area contributed by atoms with Gasteiger partial charge in [-0.1, -0.05) is 74.8 Å². The lowest BCUT2D eigenvalue weighted by Gasteiger charge is -2.32. The van der Waals surface area contributed by atoms with E-state index < -0.39 is 35.7 Å². The van der Waals surface area contributed by atoms with Gasteiger partial charge in [0.15, 0.2) is 0 Å². The van der Waals surface area contributed by atoms with Gasteiger partial charge in [0.2, 0.25) is 0 Å². The average Bonchev–Trinajstić information content (AvgIpc) is 3.12. The van der Waals surface area contributed by atoms with E-state index in [0.29, 0.717) is 23.0 Å². The van der Waals surface area contributed by atoms with E-state index >= 15 is 0 Å². The van der Waals surface area contributed by atoms with E-state index in [1.54, 1.807) is 27.7 Å². The minimum atomic E-state index is -0.517. The number of benzene rings is 4. The fourth-order valence-electron chi connectivity index (χ4n) is 7.17. The molecule has 0 fully saturated rings. The molecule has 0 atom stereocenters. The highest BCUT2D eigenvalue weighted by Gasteiger charge is 2.33. The third-order valence-electron chi connectivity index (χ3n) is 9.87. The molecule has 0 unspecified atom stereocenters. The summed E-state index contributed by atoms with van der Waals surface area (Å²) in [7, 11) is 0. The van der Waals surface area contributed by atoms with E-state index in [4.69, 9.17) is 18.9 Å². The van der Waals surface area contributed by atoms with Gasteiger partial charge in [0.25, 0.3) is 0 Å². The van der Waals surface area contributed by atoms with Crippen molar-refractivity contribution in [1.82, 2.24) is 0 Å². The first-order valence-corrected chi connectivity index (χ1v) is 19.0. The molecule has 0 spiro atoms. The van der Waals surface area contributed by atoms with Gasteiger partial charge in [-0.15, -0.1) is 0 Å². The van der Waals surface area contributed by atoms with Crippen LogP contribution in [0.5, 0.6) is 23.0 Å². The van der Waals surface area contributed by atoms with Crippen LogP contribution in [0.4, 0.5) is 0 Å². The molecule has 4 aromatic carbocycles. The highest BCUT2D eigenvalue weighted by atomic mass is 16.5. The normalized spacial score (nSPS) is 10.9. The lowest BCUT2D eigenvalue weighted by atomic mass is 9.71. The number of rotatable bonds is 13. The van der Waals surface area contributed by atoms with Crippen molar-refractivity contribution in [2.24, 2.45) is 0 Å². The number of hydrogen-bond acceptors (Lipinski definition) is 8. The Morgan fingerprint density at radius 1 is 0.345 bits per heavy atom. The maximum atomic E-state index is 12.7. The molecule has 0 aromatic heterocycles. The molecule has 8 nitrogen and oxygen atoms in total. The summed E-state index contributed by atoms with van der Waals surface area (Å²) < 4.78 is 23.3. The van der Waals surface area contributed by atoms with Crippen LogP contribution in [0.1, 0.15) is 106 Å². The largest absolute Gasteiger partial charge is 0.423 e. The van der Waals surface area contributed by atoms with Gasteiger partial charge in [-0.3, -0.25) is 0 Å². The van der Waals surface area contributed by atoms with Crippen LogP contribution in [-0.4, -0.2) is 23.9 Å². The van der Waals surface area contributed by atoms with E-state index in [-0.39, 0.29) is 22.3 Å². The van der Waals surface area contributed by atoms with Crippen molar-refractivity contribution in [1.29, 1.82) is 0 Å². The molecule has 0 aliphatic heterocycles. The minimum Gasteiger partial charge on any atom is -0.423 e. The van der Waals surface area contributed by atoms with Crippen molar-refractivity contribution in [3.05, 3.63) is 164 Å². The third-order valence-corrected chi connectivity index (χ3v) is 9.87. The van der Waals surface area contributed by atoms with Gasteiger partial charge in [-0.05, 0) is 150 Å². The van der Waals surface area contributed by atoms with Crippen LogP contribution in [-0.2, 0) is 19.2 Å². The second kappa shape index (κ2) is 17.9. The molecule has 0 heterocycles. The van der Waals surface area contributed by atoms with Gasteiger partial charge in [0.05, 0.1) is 0 Å². The zero-order chi connectivity index (χ0) is 43.5. The van der Waals surface area contributed by atoms with E-state index in [2.05, 4.69) is 26.3 Å². The van der Waals surface area contributed by atoms with Crippen LogP contribution in [0.25, 0.3) is 0 Å². The van der Waals surface area contributed by atoms with Crippen molar-refractivity contribution >= 4 is 23.9 Å². The first kappa shape index (κ1) is 44.4. The van der Waals surface area contributed by atoms with Gasteiger partial charge in [0, 0.05) is 34.1 Å². The number of ether oxygens (including phenoxy) is 4. The standard InChI is InChI=1S/C50H54O8/c1-25(2)47(51)55-43-29(9)17-37(18-30(43)10)41(38-19-31(11)44(32(12)20-38)56-48(52)26(3)4)42(39-21-33(13)45(34(14)22-39)57-49(53)27(5)6)40-23-35(15)46(36(16)24-40)58-50(54)28(7)8/h17-24,41-42H,1,3,5,7H2,2,4,6,8-16H3. The van der Waals surface area contributed by atoms with Gasteiger partial charge in [-0.2, -0.15) is 0 Å². The van der Waals surface area contributed by atoms with Crippen molar-refractivity contribution in [2.45, 2.75) is 94.9 Å². The molecular formula is C50H54O8. The number of carbonyl (C=O) groups is 4. The summed E-state index contributed by atoms with van der Waals surface area (Å²) >= 11 is 0. The quantitative estimate of drug-likeness (QED) is 0.0750. The molecular weight excluding hydrogens is 729 g/mol. The Morgan fingerprint density at radius 2 is 0.483 bits per heavy atom. The maximum absolute atomic E-state index is 12.7. The minimum absolute atomic E-state index is 0.283. The molecule has 8 heteroatoms. The molecule has 0 aliphatic rings. The van der Waals surface area contributed by atoms with E-state index in [9.17, 15) is 19.2 Å². The molecule has 4 rings (SSSR count). The summed E-state index contributed by atoms with van der Waals surface area (Å²) in [6.07, 6.45) is 0. The Morgan fingerprint density at radius 3 is 0.603 bits per heavy atom. The summed E-state index contributed by atoms with van der Waals surface area (Å²) in [4.78, 5) is 50.9. The Bertz CT molecular complexity index is 2000. The Labute approximate surface area is 342 Å². The molecule has 0 radical (unpaired) electrons. The number of esters is 4. The number of carbonyl (C=O) groups excluding carboxylic acids is 4. The Kier molecular flexibility index (Phi) is 13.7. The van der Waals surface area contributed by atoms with Crippen LogP contribution in [0.15, 0.2) is 97.1 Å². The van der Waals surface area contributed by atoms with Crippen molar-refractivity contribution in [2.75, 3.05) is 0 Å². The Balaban J connectivity index is 2.14. The maximum Gasteiger partial charge on any atom is 0.338 e. The zero-order valence-corrected chi connectivity index (χ0v) is 35.9. The van der Waals surface area contributed by atoms with E-state index in [1.807, 2.05) is 104 Å². The SMILES string of the molecule is C=C(C)C(=O)Oc1c(C)cc(C(c2cc(C)c(OC(=O)C(=C)C)c(C)c2)C(c2cc(C)c(OC(=O)C(=C)C)c(C)c2)c2cc(C)c(OC(=O)C(=C)C)c(C)c2)cc1C. The molecule has 58 heavy (non-hydrogen) atoms. The first-order valence-electron chi connectivity index (χ1n) is 19.0. The molecule has 0 saturated carbocycles. The Hall–Kier alpha value is -6.28. The topological polar surface area (TPSA) is 105 Å². The average molecular weight is 783 g/mol. The highest BCUT2D eigenvalue weighted by Crippen LogP contribution is 2.48. The second-order valence-electron chi connectivity index (χ2n) is 15.6. The van der Waals surface area contributed by atoms with Gasteiger partial charge >= 0.3 is 23.9 Å². The van der Waals surface area contributed by atoms with Gasteiger partial charge in [0.1, 0.15) is 23.0 Å². The summed E-state index contributed by atoms with van der Waals surface area (Å²) in [5, 5.41) is 0. The summed E-state index contributed by atoms with van der Waals surface area (Å²) in [5.41, 5.74) is 10.8. The van der Waals surface area contributed by atoms with Crippen LogP contribution >= 0.6 is 0 Å². The summed E-state index contributed by atoms with van der Waals surface area (Å²) in [6.45, 7) is 36.6. The summed E-state index contributed by atoms with van der Waals surface area (Å²) in [6, 6.07) is 16.2. The van der Waals surface area contributed by atoms with Gasteiger partial charge in [-0.25, -0.2) is 19.2 Å². The van der Waals surface area contributed by atoms with Crippen LogP contribution in [0.3, 0.4) is 0 Å². The molecule has 0 aliphatic carbocycles. The van der Waals surface area contributed by atoms with Crippen molar-refractivity contribution in [3.8, 4) is 23.0 Å². The molecule has 0 amide bonds. The fourth-order valence-corrected chi connectivity index (χ4v) is 7.17. The number of hydrogen-bond donors (Lipinski definition) is 0. The smallest absolute Gasteiger partial charge is 0.338 e. The van der Waals surface area contributed by atoms with Crippen LogP contribution in [0.2, 0.25) is 0 Å². The molecule has 0 N–H and O–H groups in total. The van der Waals surface area contributed by atoms with Gasteiger partial charge < -0.3 is 18.9 Å².